The fourth-order valence-electron chi connectivity index (χ4n) is 4.82. The lowest BCUT2D eigenvalue weighted by Gasteiger charge is -2.29. The van der Waals surface area contributed by atoms with Crippen molar-refractivity contribution in [1.82, 2.24) is 9.34 Å². The minimum Gasteiger partial charge on any atom is -0.457 e. The van der Waals surface area contributed by atoms with Crippen LogP contribution in [-0.4, -0.2) is 41.7 Å². The van der Waals surface area contributed by atoms with E-state index in [1.54, 1.807) is 0 Å². The SMILES string of the molecule is CN1[C@@H]2CCCC[C@H]2N(C)P1CCCCc1cccc(Oc2ccccc2)c1. The molecule has 28 heavy (non-hydrogen) atoms. The number of para-hydroxylation sites is 1. The predicted octanol–water partition coefficient (Wildman–Crippen LogP) is 6.30. The van der Waals surface area contributed by atoms with E-state index >= 15 is 0 Å². The van der Waals surface area contributed by atoms with Gasteiger partial charge in [0.15, 0.2) is 0 Å². The zero-order chi connectivity index (χ0) is 19.3. The number of hydrogen-bond donors (Lipinski definition) is 0. The molecule has 1 saturated carbocycles. The first-order valence-electron chi connectivity index (χ1n) is 10.8. The number of nitrogens with zero attached hydrogens (tertiary/aromatic N) is 2. The molecule has 4 heteroatoms. The van der Waals surface area contributed by atoms with Crippen LogP contribution in [0.15, 0.2) is 54.6 Å². The average Bonchev–Trinajstić information content (AvgIpc) is 2.97. The third-order valence-electron chi connectivity index (χ3n) is 6.33. The molecule has 1 saturated heterocycles. The quantitative estimate of drug-likeness (QED) is 0.403. The summed E-state index contributed by atoms with van der Waals surface area (Å²) < 4.78 is 11.4. The molecule has 1 heterocycles. The molecule has 0 aromatic heterocycles. The Morgan fingerprint density at radius 1 is 0.857 bits per heavy atom. The van der Waals surface area contributed by atoms with E-state index in [9.17, 15) is 0 Å². The van der Waals surface area contributed by atoms with Crippen molar-refractivity contribution in [1.29, 1.82) is 0 Å². The number of hydrogen-bond acceptors (Lipinski definition) is 3. The van der Waals surface area contributed by atoms with Crippen molar-refractivity contribution >= 4 is 8.22 Å². The van der Waals surface area contributed by atoms with Gasteiger partial charge in [-0.1, -0.05) is 43.2 Å². The largest absolute Gasteiger partial charge is 0.457 e. The monoisotopic (exact) mass is 396 g/mol. The summed E-state index contributed by atoms with van der Waals surface area (Å²) in [5.41, 5.74) is 1.38. The Morgan fingerprint density at radius 2 is 1.54 bits per heavy atom. The van der Waals surface area contributed by atoms with E-state index in [-0.39, 0.29) is 8.22 Å². The highest BCUT2D eigenvalue weighted by molar-refractivity contribution is 7.53. The minimum absolute atomic E-state index is 0.0960. The fourth-order valence-corrected chi connectivity index (χ4v) is 7.62. The highest BCUT2D eigenvalue weighted by Gasteiger charge is 2.43. The van der Waals surface area contributed by atoms with Gasteiger partial charge in [-0.2, -0.15) is 0 Å². The summed E-state index contributed by atoms with van der Waals surface area (Å²) in [5, 5.41) is 0. The maximum atomic E-state index is 5.98. The predicted molar refractivity (Wildman–Crippen MR) is 119 cm³/mol. The van der Waals surface area contributed by atoms with Crippen LogP contribution in [0, 0.1) is 0 Å². The van der Waals surface area contributed by atoms with Crippen molar-refractivity contribution in [3.05, 3.63) is 60.2 Å². The summed E-state index contributed by atoms with van der Waals surface area (Å²) in [4.78, 5) is 0. The van der Waals surface area contributed by atoms with Crippen LogP contribution in [0.5, 0.6) is 11.5 Å². The molecule has 3 nitrogen and oxygen atoms in total. The van der Waals surface area contributed by atoms with Gasteiger partial charge in [-0.25, -0.2) is 0 Å². The molecule has 2 aromatic rings. The van der Waals surface area contributed by atoms with Crippen LogP contribution in [0.1, 0.15) is 44.1 Å². The first-order chi connectivity index (χ1) is 13.7. The maximum absolute atomic E-state index is 5.98. The van der Waals surface area contributed by atoms with E-state index in [2.05, 4.69) is 41.6 Å². The maximum Gasteiger partial charge on any atom is 0.127 e. The average molecular weight is 397 g/mol. The van der Waals surface area contributed by atoms with E-state index in [0.29, 0.717) is 0 Å². The smallest absolute Gasteiger partial charge is 0.127 e. The molecule has 0 radical (unpaired) electrons. The molecule has 0 spiro atoms. The van der Waals surface area contributed by atoms with Gasteiger partial charge >= 0.3 is 0 Å². The lowest BCUT2D eigenvalue weighted by Crippen LogP contribution is -2.37. The summed E-state index contributed by atoms with van der Waals surface area (Å²) in [6.45, 7) is 0. The topological polar surface area (TPSA) is 15.7 Å². The van der Waals surface area contributed by atoms with Crippen LogP contribution >= 0.6 is 8.22 Å². The Kier molecular flexibility index (Phi) is 6.67. The van der Waals surface area contributed by atoms with Gasteiger partial charge < -0.3 is 4.74 Å². The normalized spacial score (nSPS) is 23.6. The van der Waals surface area contributed by atoms with Gasteiger partial charge in [0.25, 0.3) is 0 Å². The Labute approximate surface area is 171 Å². The fraction of sp³-hybridized carbons (Fsp3) is 0.500. The van der Waals surface area contributed by atoms with Crippen LogP contribution < -0.4 is 4.74 Å². The van der Waals surface area contributed by atoms with Crippen molar-refractivity contribution in [2.24, 2.45) is 0 Å². The second-order valence-corrected chi connectivity index (χ2v) is 10.6. The number of likely N-dealkylation sites (N-methyl/N-ethyl adjacent to an activating group) is 2. The van der Waals surface area contributed by atoms with Crippen LogP contribution in [0.2, 0.25) is 0 Å². The molecule has 2 aromatic carbocycles. The Morgan fingerprint density at radius 3 is 2.25 bits per heavy atom. The van der Waals surface area contributed by atoms with Gasteiger partial charge in [0.2, 0.25) is 0 Å². The van der Waals surface area contributed by atoms with Crippen molar-refractivity contribution in [2.45, 2.75) is 57.0 Å². The van der Waals surface area contributed by atoms with Gasteiger partial charge in [-0.15, -0.1) is 0 Å². The molecule has 150 valence electrons. The molecular formula is C24H33N2OP. The molecule has 4 rings (SSSR count). The van der Waals surface area contributed by atoms with Crippen LogP contribution in [-0.2, 0) is 6.42 Å². The van der Waals surface area contributed by atoms with Crippen LogP contribution in [0.3, 0.4) is 0 Å². The number of fused-ring (bicyclic) bond motifs is 1. The van der Waals surface area contributed by atoms with Crippen molar-refractivity contribution in [2.75, 3.05) is 20.3 Å². The Balaban J connectivity index is 1.26. The number of benzene rings is 2. The molecular weight excluding hydrogens is 363 g/mol. The zero-order valence-corrected chi connectivity index (χ0v) is 18.2. The van der Waals surface area contributed by atoms with Gasteiger partial charge in [0, 0.05) is 20.3 Å². The van der Waals surface area contributed by atoms with E-state index in [0.717, 1.165) is 30.0 Å². The summed E-state index contributed by atoms with van der Waals surface area (Å²) >= 11 is 0. The second kappa shape index (κ2) is 9.39. The van der Waals surface area contributed by atoms with Gasteiger partial charge in [-0.05, 0) is 82.2 Å². The standard InChI is InChI=1S/C24H33N2OP/c1-25-23-16-6-7-17-24(23)26(2)28(25)18-9-8-11-20-12-10-15-22(19-20)27-21-13-4-3-5-14-21/h3-5,10,12-15,19,23-24H,6-9,11,16-18H2,1-2H3/t23-,24-/m1/s1. The second-order valence-electron chi connectivity index (χ2n) is 8.18. The third-order valence-corrected chi connectivity index (χ3v) is 9.10. The van der Waals surface area contributed by atoms with Crippen LogP contribution in [0.4, 0.5) is 0 Å². The van der Waals surface area contributed by atoms with Crippen molar-refractivity contribution < 1.29 is 4.74 Å². The summed E-state index contributed by atoms with van der Waals surface area (Å²) in [6, 6.07) is 20.2. The molecule has 0 N–H and O–H groups in total. The zero-order valence-electron chi connectivity index (χ0n) is 17.3. The lowest BCUT2D eigenvalue weighted by molar-refractivity contribution is 0.233. The first kappa shape index (κ1) is 19.9. The van der Waals surface area contributed by atoms with E-state index < -0.39 is 0 Å². The number of aryl methyl sites for hydroxylation is 1. The molecule has 0 bridgehead atoms. The van der Waals surface area contributed by atoms with Crippen molar-refractivity contribution in [3.63, 3.8) is 0 Å². The molecule has 2 fully saturated rings. The Hall–Kier alpha value is -1.41. The summed E-state index contributed by atoms with van der Waals surface area (Å²) in [5.74, 6) is 1.84. The highest BCUT2D eigenvalue weighted by atomic mass is 31.1. The molecule has 0 amide bonds. The first-order valence-corrected chi connectivity index (χ1v) is 12.2. The number of unbranched alkanes of at least 4 members (excludes halogenated alkanes) is 1. The lowest BCUT2D eigenvalue weighted by atomic mass is 9.91. The Bertz CT molecular complexity index is 735. The highest BCUT2D eigenvalue weighted by Crippen LogP contribution is 2.55. The van der Waals surface area contributed by atoms with Crippen LogP contribution in [0.25, 0.3) is 0 Å². The van der Waals surface area contributed by atoms with E-state index in [1.165, 1.54) is 50.3 Å². The molecule has 1 aliphatic carbocycles. The molecule has 2 aliphatic rings. The minimum atomic E-state index is -0.0960. The number of ether oxygens (including phenoxy) is 1. The molecule has 2 atom stereocenters. The third kappa shape index (κ3) is 4.59. The van der Waals surface area contributed by atoms with E-state index in [4.69, 9.17) is 4.74 Å². The molecule has 1 aliphatic heterocycles. The van der Waals surface area contributed by atoms with Gasteiger partial charge in [-0.3, -0.25) is 9.34 Å². The number of rotatable bonds is 7. The molecule has 0 unspecified atom stereocenters. The van der Waals surface area contributed by atoms with Gasteiger partial charge in [0.05, 0.1) is 0 Å². The van der Waals surface area contributed by atoms with Crippen molar-refractivity contribution in [3.8, 4) is 11.5 Å². The van der Waals surface area contributed by atoms with Gasteiger partial charge in [0.1, 0.15) is 11.5 Å². The summed E-state index contributed by atoms with van der Waals surface area (Å²) in [6.07, 6.45) is 10.7. The van der Waals surface area contributed by atoms with E-state index in [1.807, 2.05) is 36.4 Å². The summed E-state index contributed by atoms with van der Waals surface area (Å²) in [7, 11) is 4.66.